The van der Waals surface area contributed by atoms with Crippen LogP contribution in [0.3, 0.4) is 0 Å². The minimum Gasteiger partial charge on any atom is -0.410 e. The van der Waals surface area contributed by atoms with Gasteiger partial charge in [-0.2, -0.15) is 0 Å². The second-order valence-electron chi connectivity index (χ2n) is 3.94. The van der Waals surface area contributed by atoms with Gasteiger partial charge in [-0.1, -0.05) is 18.2 Å². The topological polar surface area (TPSA) is 56.8 Å². The molecule has 1 amide bonds. The second kappa shape index (κ2) is 10.3. The lowest BCUT2D eigenvalue weighted by Gasteiger charge is -2.06. The average molecular weight is 267 g/mol. The quantitative estimate of drug-likeness (QED) is 0.697. The molecule has 19 heavy (non-hydrogen) atoms. The maximum atomic E-state index is 11.4. The highest BCUT2D eigenvalue weighted by atomic mass is 16.6. The summed E-state index contributed by atoms with van der Waals surface area (Å²) in [5, 5.41) is 2.69. The van der Waals surface area contributed by atoms with Crippen LogP contribution in [0.1, 0.15) is 12.8 Å². The highest BCUT2D eigenvalue weighted by Crippen LogP contribution is 2.07. The molecule has 0 fully saturated rings. The van der Waals surface area contributed by atoms with E-state index in [1.807, 2.05) is 18.2 Å². The van der Waals surface area contributed by atoms with Crippen molar-refractivity contribution >= 4 is 6.09 Å². The fourth-order valence-corrected chi connectivity index (χ4v) is 1.40. The summed E-state index contributed by atoms with van der Waals surface area (Å²) in [6.45, 7) is 2.49. The van der Waals surface area contributed by atoms with Crippen molar-refractivity contribution in [2.45, 2.75) is 12.8 Å². The number of ether oxygens (including phenoxy) is 3. The lowest BCUT2D eigenvalue weighted by atomic mass is 10.3. The van der Waals surface area contributed by atoms with Crippen LogP contribution in [0.5, 0.6) is 5.75 Å². The van der Waals surface area contributed by atoms with Gasteiger partial charge in [-0.25, -0.2) is 4.79 Å². The van der Waals surface area contributed by atoms with E-state index < -0.39 is 6.09 Å². The standard InChI is InChI=1S/C14H21NO4/c1-17-11-12-18-10-6-5-9-15-14(16)19-13-7-3-2-4-8-13/h2-4,7-8H,5-6,9-12H2,1H3,(H,15,16). The molecule has 1 aromatic carbocycles. The first-order chi connectivity index (χ1) is 9.33. The average Bonchev–Trinajstić information content (AvgIpc) is 2.43. The van der Waals surface area contributed by atoms with Gasteiger partial charge in [0, 0.05) is 20.3 Å². The Morgan fingerprint density at radius 2 is 1.89 bits per heavy atom. The zero-order valence-electron chi connectivity index (χ0n) is 11.3. The largest absolute Gasteiger partial charge is 0.412 e. The molecule has 5 heteroatoms. The normalized spacial score (nSPS) is 10.2. The summed E-state index contributed by atoms with van der Waals surface area (Å²) in [6.07, 6.45) is 1.33. The van der Waals surface area contributed by atoms with E-state index in [2.05, 4.69) is 5.32 Å². The van der Waals surface area contributed by atoms with Gasteiger partial charge in [-0.3, -0.25) is 0 Å². The number of carbonyl (C=O) groups excluding carboxylic acids is 1. The highest BCUT2D eigenvalue weighted by molar-refractivity contribution is 5.70. The van der Waals surface area contributed by atoms with Crippen LogP contribution in [0.4, 0.5) is 4.79 Å². The van der Waals surface area contributed by atoms with Crippen molar-refractivity contribution in [2.75, 3.05) is 33.5 Å². The Morgan fingerprint density at radius 1 is 1.11 bits per heavy atom. The fraction of sp³-hybridized carbons (Fsp3) is 0.500. The van der Waals surface area contributed by atoms with Crippen molar-refractivity contribution in [3.05, 3.63) is 30.3 Å². The van der Waals surface area contributed by atoms with Crippen molar-refractivity contribution < 1.29 is 19.0 Å². The smallest absolute Gasteiger partial charge is 0.410 e. The van der Waals surface area contributed by atoms with E-state index in [9.17, 15) is 4.79 Å². The summed E-state index contributed by atoms with van der Waals surface area (Å²) in [7, 11) is 1.64. The number of nitrogens with one attached hydrogen (secondary N) is 1. The van der Waals surface area contributed by atoms with Gasteiger partial charge in [0.2, 0.25) is 0 Å². The summed E-state index contributed by atoms with van der Waals surface area (Å²) in [5.41, 5.74) is 0. The molecule has 0 unspecified atom stereocenters. The molecular formula is C14H21NO4. The Kier molecular flexibility index (Phi) is 8.42. The molecule has 0 radical (unpaired) electrons. The van der Waals surface area contributed by atoms with Crippen LogP contribution in [0.2, 0.25) is 0 Å². The molecule has 1 aromatic rings. The molecule has 5 nitrogen and oxygen atoms in total. The van der Waals surface area contributed by atoms with Crippen LogP contribution in [-0.4, -0.2) is 39.6 Å². The molecule has 106 valence electrons. The van der Waals surface area contributed by atoms with Crippen LogP contribution in [-0.2, 0) is 9.47 Å². The number of unbranched alkanes of at least 4 members (excludes halogenated alkanes) is 1. The van der Waals surface area contributed by atoms with Gasteiger partial charge in [0.05, 0.1) is 13.2 Å². The van der Waals surface area contributed by atoms with Crippen molar-refractivity contribution in [3.8, 4) is 5.75 Å². The third-order valence-electron chi connectivity index (χ3n) is 2.37. The Bertz CT molecular complexity index is 343. The Morgan fingerprint density at radius 3 is 2.63 bits per heavy atom. The highest BCUT2D eigenvalue weighted by Gasteiger charge is 2.02. The molecule has 0 aromatic heterocycles. The number of hydrogen-bond acceptors (Lipinski definition) is 4. The summed E-state index contributed by atoms with van der Waals surface area (Å²) >= 11 is 0. The molecule has 0 atom stereocenters. The number of benzene rings is 1. The third kappa shape index (κ3) is 8.18. The van der Waals surface area contributed by atoms with Crippen molar-refractivity contribution in [2.24, 2.45) is 0 Å². The molecule has 0 spiro atoms. The first kappa shape index (κ1) is 15.5. The minimum absolute atomic E-state index is 0.425. The number of methoxy groups -OCH3 is 1. The lowest BCUT2D eigenvalue weighted by molar-refractivity contribution is 0.0688. The van der Waals surface area contributed by atoms with Gasteiger partial charge in [-0.15, -0.1) is 0 Å². The van der Waals surface area contributed by atoms with Gasteiger partial charge in [0.15, 0.2) is 0 Å². The monoisotopic (exact) mass is 267 g/mol. The summed E-state index contributed by atoms with van der Waals surface area (Å²) in [6, 6.07) is 8.99. The van der Waals surface area contributed by atoms with Gasteiger partial charge in [0.1, 0.15) is 5.75 Å². The lowest BCUT2D eigenvalue weighted by Crippen LogP contribution is -2.27. The van der Waals surface area contributed by atoms with Gasteiger partial charge in [0.25, 0.3) is 0 Å². The Balaban J connectivity index is 1.96. The maximum absolute atomic E-state index is 11.4. The summed E-state index contributed by atoms with van der Waals surface area (Å²) in [4.78, 5) is 11.4. The molecule has 0 saturated heterocycles. The van der Waals surface area contributed by atoms with Crippen molar-refractivity contribution in [1.82, 2.24) is 5.32 Å². The first-order valence-corrected chi connectivity index (χ1v) is 6.40. The summed E-state index contributed by atoms with van der Waals surface area (Å²) < 4.78 is 15.2. The molecule has 0 aliphatic rings. The molecule has 0 saturated carbocycles. The van der Waals surface area contributed by atoms with Crippen LogP contribution in [0.25, 0.3) is 0 Å². The van der Waals surface area contributed by atoms with Gasteiger partial charge < -0.3 is 19.5 Å². The molecule has 1 N–H and O–H groups in total. The van der Waals surface area contributed by atoms with Crippen molar-refractivity contribution in [1.29, 1.82) is 0 Å². The minimum atomic E-state index is -0.425. The zero-order valence-corrected chi connectivity index (χ0v) is 11.3. The van der Waals surface area contributed by atoms with Gasteiger partial charge >= 0.3 is 6.09 Å². The summed E-state index contributed by atoms with van der Waals surface area (Å²) in [5.74, 6) is 0.544. The predicted octanol–water partition coefficient (Wildman–Crippen LogP) is 2.22. The van der Waals surface area contributed by atoms with Crippen LogP contribution >= 0.6 is 0 Å². The number of hydrogen-bond donors (Lipinski definition) is 1. The van der Waals surface area contributed by atoms with E-state index in [4.69, 9.17) is 14.2 Å². The van der Waals surface area contributed by atoms with E-state index in [1.54, 1.807) is 19.2 Å². The molecule has 1 rings (SSSR count). The third-order valence-corrected chi connectivity index (χ3v) is 2.37. The number of rotatable bonds is 9. The van der Waals surface area contributed by atoms with E-state index in [0.717, 1.165) is 12.8 Å². The SMILES string of the molecule is COCCOCCCCNC(=O)Oc1ccccc1. The van der Waals surface area contributed by atoms with Crippen molar-refractivity contribution in [3.63, 3.8) is 0 Å². The molecule has 0 bridgehead atoms. The predicted molar refractivity (Wildman–Crippen MR) is 72.4 cm³/mol. The molecular weight excluding hydrogens is 246 g/mol. The van der Waals surface area contributed by atoms with E-state index >= 15 is 0 Å². The maximum Gasteiger partial charge on any atom is 0.412 e. The van der Waals surface area contributed by atoms with Gasteiger partial charge in [-0.05, 0) is 25.0 Å². The van der Waals surface area contributed by atoms with Crippen LogP contribution < -0.4 is 10.1 Å². The Labute approximate surface area is 113 Å². The van der Waals surface area contributed by atoms with E-state index in [0.29, 0.717) is 32.1 Å². The molecule has 0 aliphatic carbocycles. The zero-order chi connectivity index (χ0) is 13.8. The van der Waals surface area contributed by atoms with E-state index in [1.165, 1.54) is 0 Å². The van der Waals surface area contributed by atoms with E-state index in [-0.39, 0.29) is 0 Å². The fourth-order valence-electron chi connectivity index (χ4n) is 1.40. The first-order valence-electron chi connectivity index (χ1n) is 6.40. The van der Waals surface area contributed by atoms with Crippen LogP contribution in [0, 0.1) is 0 Å². The number of carbonyl (C=O) groups is 1. The Hall–Kier alpha value is -1.59. The second-order valence-corrected chi connectivity index (χ2v) is 3.94. The molecule has 0 aliphatic heterocycles. The van der Waals surface area contributed by atoms with Crippen LogP contribution in [0.15, 0.2) is 30.3 Å². The molecule has 0 heterocycles. The number of para-hydroxylation sites is 1. The number of amides is 1.